The summed E-state index contributed by atoms with van der Waals surface area (Å²) in [5.41, 5.74) is 4.49. The van der Waals surface area contributed by atoms with Crippen LogP contribution in [0.4, 0.5) is 18.9 Å². The molecule has 0 saturated carbocycles. The molecule has 6 heteroatoms. The topological polar surface area (TPSA) is 35.2 Å². The number of anilines is 1. The predicted molar refractivity (Wildman–Crippen MR) is 50.1 cm³/mol. The van der Waals surface area contributed by atoms with Crippen molar-refractivity contribution in [2.24, 2.45) is 0 Å². The van der Waals surface area contributed by atoms with E-state index >= 15 is 0 Å². The van der Waals surface area contributed by atoms with E-state index in [1.165, 1.54) is 13.2 Å². The third kappa shape index (κ3) is 2.12. The number of nitrogen functional groups attached to an aromatic ring is 1. The molecule has 0 aliphatic carbocycles. The Bertz CT molecular complexity index is 351. The number of hydrogen-bond acceptors (Lipinski definition) is 2. The Morgan fingerprint density at radius 3 is 2.36 bits per heavy atom. The Morgan fingerprint density at radius 2 is 1.93 bits per heavy atom. The number of nitrogens with two attached hydrogens (primary N) is 1. The second-order valence-corrected chi connectivity index (χ2v) is 3.43. The van der Waals surface area contributed by atoms with Crippen molar-refractivity contribution in [3.05, 3.63) is 22.2 Å². The smallest absolute Gasteiger partial charge is 0.420 e. The van der Waals surface area contributed by atoms with Gasteiger partial charge in [0.1, 0.15) is 5.75 Å². The molecule has 0 aliphatic heterocycles. The maximum atomic E-state index is 12.4. The maximum absolute atomic E-state index is 12.4. The highest BCUT2D eigenvalue weighted by Gasteiger charge is 2.34. The van der Waals surface area contributed by atoms with Gasteiger partial charge in [0.15, 0.2) is 0 Å². The van der Waals surface area contributed by atoms with Crippen LogP contribution in [-0.2, 0) is 6.18 Å². The van der Waals surface area contributed by atoms with Crippen LogP contribution in [0.1, 0.15) is 5.56 Å². The van der Waals surface area contributed by atoms with Crippen LogP contribution in [0.2, 0.25) is 0 Å². The van der Waals surface area contributed by atoms with E-state index < -0.39 is 11.7 Å². The van der Waals surface area contributed by atoms with Gasteiger partial charge in [-0.1, -0.05) is 0 Å². The number of alkyl halides is 3. The summed E-state index contributed by atoms with van der Waals surface area (Å²) in [6, 6.07) is 2.03. The maximum Gasteiger partial charge on any atom is 0.420 e. The summed E-state index contributed by atoms with van der Waals surface area (Å²) in [4.78, 5) is 0. The standard InChI is InChI=1S/C8H7BrF3NO/c1-14-7-3-5(9)6(13)2-4(7)8(10,11)12/h2-3H,13H2,1H3. The highest BCUT2D eigenvalue weighted by atomic mass is 79.9. The van der Waals surface area contributed by atoms with Crippen LogP contribution in [0.25, 0.3) is 0 Å². The Kier molecular flexibility index (Phi) is 2.94. The summed E-state index contributed by atoms with van der Waals surface area (Å²) in [5, 5.41) is 0. The predicted octanol–water partition coefficient (Wildman–Crippen LogP) is 3.06. The molecule has 0 radical (unpaired) electrons. The molecule has 2 nitrogen and oxygen atoms in total. The lowest BCUT2D eigenvalue weighted by molar-refractivity contribution is -0.138. The molecular formula is C8H7BrF3NO. The molecule has 0 amide bonds. The molecule has 1 rings (SSSR count). The molecule has 1 aromatic rings. The van der Waals surface area contributed by atoms with Crippen LogP contribution in [0.5, 0.6) is 5.75 Å². The molecule has 0 unspecified atom stereocenters. The molecular weight excluding hydrogens is 263 g/mol. The lowest BCUT2D eigenvalue weighted by Crippen LogP contribution is -2.08. The number of methoxy groups -OCH3 is 1. The second kappa shape index (κ2) is 3.68. The highest BCUT2D eigenvalue weighted by molar-refractivity contribution is 9.10. The van der Waals surface area contributed by atoms with Gasteiger partial charge < -0.3 is 10.5 Å². The van der Waals surface area contributed by atoms with Crippen molar-refractivity contribution < 1.29 is 17.9 Å². The molecule has 0 fully saturated rings. The number of benzene rings is 1. The van der Waals surface area contributed by atoms with E-state index in [1.807, 2.05) is 0 Å². The van der Waals surface area contributed by atoms with Crippen molar-refractivity contribution in [3.63, 3.8) is 0 Å². The summed E-state index contributed by atoms with van der Waals surface area (Å²) in [6.07, 6.45) is -4.46. The molecule has 1 aromatic carbocycles. The zero-order chi connectivity index (χ0) is 10.9. The van der Waals surface area contributed by atoms with Gasteiger partial charge in [-0.15, -0.1) is 0 Å². The van der Waals surface area contributed by atoms with Gasteiger partial charge in [-0.2, -0.15) is 13.2 Å². The van der Waals surface area contributed by atoms with Gasteiger partial charge >= 0.3 is 6.18 Å². The fourth-order valence-electron chi connectivity index (χ4n) is 0.962. The molecule has 78 valence electrons. The third-order valence-electron chi connectivity index (χ3n) is 1.62. The summed E-state index contributed by atoms with van der Waals surface area (Å²) in [5.74, 6) is -0.251. The lowest BCUT2D eigenvalue weighted by atomic mass is 10.1. The van der Waals surface area contributed by atoms with Gasteiger partial charge in [0, 0.05) is 10.2 Å². The molecule has 0 atom stereocenters. The van der Waals surface area contributed by atoms with Crippen molar-refractivity contribution in [2.75, 3.05) is 12.8 Å². The fraction of sp³-hybridized carbons (Fsp3) is 0.250. The lowest BCUT2D eigenvalue weighted by Gasteiger charge is -2.13. The molecule has 0 aromatic heterocycles. The van der Waals surface area contributed by atoms with Crippen molar-refractivity contribution in [1.82, 2.24) is 0 Å². The minimum absolute atomic E-state index is 0.0260. The van der Waals surface area contributed by atoms with Crippen molar-refractivity contribution in [2.45, 2.75) is 6.18 Å². The number of halogens is 4. The first kappa shape index (κ1) is 11.2. The van der Waals surface area contributed by atoms with Gasteiger partial charge in [0.05, 0.1) is 12.7 Å². The van der Waals surface area contributed by atoms with Gasteiger partial charge in [0.25, 0.3) is 0 Å². The zero-order valence-electron chi connectivity index (χ0n) is 7.15. The van der Waals surface area contributed by atoms with E-state index in [0.29, 0.717) is 4.47 Å². The van der Waals surface area contributed by atoms with Gasteiger partial charge in [0.2, 0.25) is 0 Å². The quantitative estimate of drug-likeness (QED) is 0.796. The monoisotopic (exact) mass is 269 g/mol. The fourth-order valence-corrected chi connectivity index (χ4v) is 1.28. The molecule has 0 spiro atoms. The Hall–Kier alpha value is -0.910. The summed E-state index contributed by atoms with van der Waals surface area (Å²) in [6.45, 7) is 0. The van der Waals surface area contributed by atoms with Crippen molar-refractivity contribution in [1.29, 1.82) is 0 Å². The SMILES string of the molecule is COc1cc(Br)c(N)cc1C(F)(F)F. The highest BCUT2D eigenvalue weighted by Crippen LogP contribution is 2.39. The van der Waals surface area contributed by atoms with Crippen LogP contribution in [0, 0.1) is 0 Å². The van der Waals surface area contributed by atoms with Gasteiger partial charge in [-0.3, -0.25) is 0 Å². The molecule has 0 heterocycles. The molecule has 0 saturated heterocycles. The molecule has 0 bridgehead atoms. The summed E-state index contributed by atoms with van der Waals surface area (Å²) in [7, 11) is 1.17. The third-order valence-corrected chi connectivity index (χ3v) is 2.31. The van der Waals surface area contributed by atoms with Gasteiger partial charge in [-0.25, -0.2) is 0 Å². The van der Waals surface area contributed by atoms with E-state index in [1.54, 1.807) is 0 Å². The largest absolute Gasteiger partial charge is 0.496 e. The first-order chi connectivity index (χ1) is 6.36. The van der Waals surface area contributed by atoms with E-state index in [9.17, 15) is 13.2 Å². The summed E-state index contributed by atoms with van der Waals surface area (Å²) < 4.78 is 42.2. The Morgan fingerprint density at radius 1 is 1.36 bits per heavy atom. The second-order valence-electron chi connectivity index (χ2n) is 2.57. The first-order valence-electron chi connectivity index (χ1n) is 3.56. The van der Waals surface area contributed by atoms with E-state index in [4.69, 9.17) is 5.73 Å². The number of ether oxygens (including phenoxy) is 1. The summed E-state index contributed by atoms with van der Waals surface area (Å²) >= 11 is 3.02. The average molecular weight is 270 g/mol. The zero-order valence-corrected chi connectivity index (χ0v) is 8.74. The van der Waals surface area contributed by atoms with Crippen LogP contribution in [0.3, 0.4) is 0 Å². The van der Waals surface area contributed by atoms with E-state index in [2.05, 4.69) is 20.7 Å². The van der Waals surface area contributed by atoms with Crippen molar-refractivity contribution >= 4 is 21.6 Å². The Labute approximate surface area is 87.0 Å². The van der Waals surface area contributed by atoms with Crippen LogP contribution in [-0.4, -0.2) is 7.11 Å². The minimum atomic E-state index is -4.46. The van der Waals surface area contributed by atoms with Crippen LogP contribution >= 0.6 is 15.9 Å². The van der Waals surface area contributed by atoms with Crippen molar-refractivity contribution in [3.8, 4) is 5.75 Å². The first-order valence-corrected chi connectivity index (χ1v) is 4.35. The molecule has 2 N–H and O–H groups in total. The number of rotatable bonds is 1. The van der Waals surface area contributed by atoms with E-state index in [-0.39, 0.29) is 11.4 Å². The average Bonchev–Trinajstić information content (AvgIpc) is 2.07. The van der Waals surface area contributed by atoms with Crippen LogP contribution < -0.4 is 10.5 Å². The minimum Gasteiger partial charge on any atom is -0.496 e. The van der Waals surface area contributed by atoms with Crippen LogP contribution in [0.15, 0.2) is 16.6 Å². The van der Waals surface area contributed by atoms with Gasteiger partial charge in [-0.05, 0) is 28.1 Å². The Balaban J connectivity index is 3.35. The molecule has 14 heavy (non-hydrogen) atoms. The number of hydrogen-bond donors (Lipinski definition) is 1. The molecule has 0 aliphatic rings. The van der Waals surface area contributed by atoms with E-state index in [0.717, 1.165) is 6.07 Å². The normalized spacial score (nSPS) is 11.5.